The summed E-state index contributed by atoms with van der Waals surface area (Å²) >= 11 is 12.1. The van der Waals surface area contributed by atoms with Gasteiger partial charge in [0.05, 0.1) is 29.2 Å². The highest BCUT2D eigenvalue weighted by molar-refractivity contribution is 6.32. The molecular weight excluding hydrogens is 457 g/mol. The molecule has 1 unspecified atom stereocenters. The second-order valence-electron chi connectivity index (χ2n) is 7.88. The topological polar surface area (TPSA) is 70.3 Å². The third-order valence-electron chi connectivity index (χ3n) is 5.53. The number of carboxylic acids is 1. The summed E-state index contributed by atoms with van der Waals surface area (Å²) in [5, 5.41) is 19.6. The van der Waals surface area contributed by atoms with E-state index in [1.165, 1.54) is 0 Å². The Hall–Kier alpha value is -3.00. The number of carbonyl (C=O) groups is 1. The van der Waals surface area contributed by atoms with Crippen LogP contribution in [0.3, 0.4) is 0 Å². The van der Waals surface area contributed by atoms with Crippen LogP contribution in [0.1, 0.15) is 36.8 Å². The maximum atomic E-state index is 11.7. The number of aliphatic carboxylic acids is 1. The SMILES string of the molecule is N#Cc1ccc(OCCCCC(CCc2ccc(-c3ccc(Cl)cc3)cc2)C(=O)O)c(Cl)c1. The molecule has 170 valence electrons. The van der Waals surface area contributed by atoms with Crippen molar-refractivity contribution in [1.29, 1.82) is 5.26 Å². The molecule has 0 bridgehead atoms. The molecule has 0 aliphatic rings. The van der Waals surface area contributed by atoms with Crippen molar-refractivity contribution in [3.63, 3.8) is 0 Å². The Morgan fingerprint density at radius 3 is 2.21 bits per heavy atom. The lowest BCUT2D eigenvalue weighted by molar-refractivity contribution is -0.142. The van der Waals surface area contributed by atoms with Gasteiger partial charge in [0.2, 0.25) is 0 Å². The molecule has 1 atom stereocenters. The number of hydrogen-bond donors (Lipinski definition) is 1. The summed E-state index contributed by atoms with van der Waals surface area (Å²) in [7, 11) is 0. The largest absolute Gasteiger partial charge is 0.492 e. The van der Waals surface area contributed by atoms with Gasteiger partial charge in [-0.2, -0.15) is 5.26 Å². The van der Waals surface area contributed by atoms with Crippen molar-refractivity contribution >= 4 is 29.2 Å². The summed E-state index contributed by atoms with van der Waals surface area (Å²) in [5.74, 6) is -0.615. The Morgan fingerprint density at radius 1 is 0.939 bits per heavy atom. The van der Waals surface area contributed by atoms with Gasteiger partial charge >= 0.3 is 5.97 Å². The lowest BCUT2D eigenvalue weighted by atomic mass is 9.94. The average Bonchev–Trinajstić information content (AvgIpc) is 2.82. The lowest BCUT2D eigenvalue weighted by Gasteiger charge is -2.13. The third kappa shape index (κ3) is 7.53. The minimum atomic E-state index is -0.760. The molecule has 6 heteroatoms. The molecule has 1 N–H and O–H groups in total. The third-order valence-corrected chi connectivity index (χ3v) is 6.08. The molecule has 0 heterocycles. The van der Waals surface area contributed by atoms with Crippen LogP contribution in [0, 0.1) is 17.2 Å². The zero-order valence-electron chi connectivity index (χ0n) is 18.1. The van der Waals surface area contributed by atoms with Crippen LogP contribution >= 0.6 is 23.2 Å². The molecule has 3 aromatic carbocycles. The zero-order chi connectivity index (χ0) is 23.6. The Balaban J connectivity index is 1.43. The predicted octanol–water partition coefficient (Wildman–Crippen LogP) is 7.41. The molecule has 0 fully saturated rings. The van der Waals surface area contributed by atoms with E-state index in [-0.39, 0.29) is 5.92 Å². The van der Waals surface area contributed by atoms with Crippen LogP contribution in [0.15, 0.2) is 66.7 Å². The van der Waals surface area contributed by atoms with Crippen molar-refractivity contribution < 1.29 is 14.6 Å². The molecule has 0 aromatic heterocycles. The highest BCUT2D eigenvalue weighted by Gasteiger charge is 2.17. The number of nitriles is 1. The number of rotatable bonds is 11. The second-order valence-corrected chi connectivity index (χ2v) is 8.72. The van der Waals surface area contributed by atoms with E-state index in [1.54, 1.807) is 18.2 Å². The highest BCUT2D eigenvalue weighted by atomic mass is 35.5. The lowest BCUT2D eigenvalue weighted by Crippen LogP contribution is -2.15. The van der Waals surface area contributed by atoms with E-state index in [1.807, 2.05) is 30.3 Å². The van der Waals surface area contributed by atoms with Gasteiger partial charge in [-0.15, -0.1) is 0 Å². The van der Waals surface area contributed by atoms with Crippen molar-refractivity contribution in [2.24, 2.45) is 5.92 Å². The molecule has 0 saturated carbocycles. The molecule has 0 aliphatic carbocycles. The number of nitrogens with zero attached hydrogens (tertiary/aromatic N) is 1. The fourth-order valence-electron chi connectivity index (χ4n) is 3.60. The number of aryl methyl sites for hydroxylation is 1. The van der Waals surface area contributed by atoms with Crippen molar-refractivity contribution in [2.75, 3.05) is 6.61 Å². The molecule has 0 saturated heterocycles. The van der Waals surface area contributed by atoms with Gasteiger partial charge < -0.3 is 9.84 Å². The fourth-order valence-corrected chi connectivity index (χ4v) is 3.96. The van der Waals surface area contributed by atoms with E-state index in [2.05, 4.69) is 24.3 Å². The van der Waals surface area contributed by atoms with Crippen molar-refractivity contribution in [2.45, 2.75) is 32.1 Å². The molecule has 3 aromatic rings. The molecule has 0 amide bonds. The molecule has 33 heavy (non-hydrogen) atoms. The zero-order valence-corrected chi connectivity index (χ0v) is 19.6. The van der Waals surface area contributed by atoms with E-state index in [0.29, 0.717) is 40.8 Å². The standard InChI is InChI=1S/C27H25Cl2NO3/c28-24-13-11-22(12-14-24)21-8-4-19(5-9-21)6-10-23(27(31)32)3-1-2-16-33-26-15-7-20(18-30)17-25(26)29/h4-5,7-9,11-15,17,23H,1-3,6,10,16H2,(H,31,32). The molecule has 0 radical (unpaired) electrons. The predicted molar refractivity (Wildman–Crippen MR) is 132 cm³/mol. The first-order valence-corrected chi connectivity index (χ1v) is 11.6. The summed E-state index contributed by atoms with van der Waals surface area (Å²) in [4.78, 5) is 11.7. The van der Waals surface area contributed by atoms with Gasteiger partial charge in [-0.1, -0.05) is 59.6 Å². The minimum Gasteiger partial charge on any atom is -0.492 e. The Bertz CT molecular complexity index is 1110. The van der Waals surface area contributed by atoms with Crippen LogP contribution in [0.5, 0.6) is 5.75 Å². The average molecular weight is 482 g/mol. The number of halogens is 2. The number of unbranched alkanes of at least 4 members (excludes halogenated alkanes) is 1. The Labute approximate surface area is 204 Å². The van der Waals surface area contributed by atoms with Gasteiger partial charge in [-0.25, -0.2) is 0 Å². The van der Waals surface area contributed by atoms with Crippen molar-refractivity contribution in [1.82, 2.24) is 0 Å². The highest BCUT2D eigenvalue weighted by Crippen LogP contribution is 2.26. The van der Waals surface area contributed by atoms with Crippen LogP contribution in [-0.2, 0) is 11.2 Å². The summed E-state index contributed by atoms with van der Waals surface area (Å²) in [6.45, 7) is 0.449. The number of carboxylic acid groups (broad SMARTS) is 1. The van der Waals surface area contributed by atoms with Gasteiger partial charge in [-0.05, 0) is 79.1 Å². The fraction of sp³-hybridized carbons (Fsp3) is 0.259. The minimum absolute atomic E-state index is 0.389. The number of benzene rings is 3. The van der Waals surface area contributed by atoms with Gasteiger partial charge in [0.1, 0.15) is 5.75 Å². The number of ether oxygens (including phenoxy) is 1. The molecule has 0 spiro atoms. The maximum Gasteiger partial charge on any atom is 0.306 e. The normalized spacial score (nSPS) is 11.5. The quantitative estimate of drug-likeness (QED) is 0.289. The van der Waals surface area contributed by atoms with Gasteiger partial charge in [0, 0.05) is 5.02 Å². The van der Waals surface area contributed by atoms with Crippen molar-refractivity contribution in [3.8, 4) is 22.9 Å². The van der Waals surface area contributed by atoms with E-state index in [9.17, 15) is 9.90 Å². The monoisotopic (exact) mass is 481 g/mol. The Morgan fingerprint density at radius 2 is 1.61 bits per heavy atom. The van der Waals surface area contributed by atoms with Crippen LogP contribution in [0.2, 0.25) is 10.0 Å². The molecule has 0 aliphatic heterocycles. The van der Waals surface area contributed by atoms with Crippen molar-refractivity contribution in [3.05, 3.63) is 87.9 Å². The first-order valence-electron chi connectivity index (χ1n) is 10.9. The van der Waals surface area contributed by atoms with Gasteiger partial charge in [0.15, 0.2) is 0 Å². The van der Waals surface area contributed by atoms with E-state index >= 15 is 0 Å². The second kappa shape index (κ2) is 12.3. The summed E-state index contributed by atoms with van der Waals surface area (Å²) in [6.07, 6.45) is 3.39. The molecular formula is C27H25Cl2NO3. The summed E-state index contributed by atoms with van der Waals surface area (Å²) in [6, 6.07) is 22.9. The first-order chi connectivity index (χ1) is 16.0. The summed E-state index contributed by atoms with van der Waals surface area (Å²) in [5.41, 5.74) is 3.81. The van der Waals surface area contributed by atoms with E-state index in [4.69, 9.17) is 33.2 Å². The molecule has 3 rings (SSSR count). The van der Waals surface area contributed by atoms with Crippen LogP contribution < -0.4 is 4.74 Å². The van der Waals surface area contributed by atoms with Gasteiger partial charge in [-0.3, -0.25) is 4.79 Å². The number of hydrogen-bond acceptors (Lipinski definition) is 3. The van der Waals surface area contributed by atoms with Crippen LogP contribution in [-0.4, -0.2) is 17.7 Å². The van der Waals surface area contributed by atoms with E-state index < -0.39 is 5.97 Å². The smallest absolute Gasteiger partial charge is 0.306 e. The first kappa shape index (κ1) is 24.6. The van der Waals surface area contributed by atoms with Gasteiger partial charge in [0.25, 0.3) is 0 Å². The maximum absolute atomic E-state index is 11.7. The van der Waals surface area contributed by atoms with E-state index in [0.717, 1.165) is 36.0 Å². The van der Waals surface area contributed by atoms with Crippen LogP contribution in [0.4, 0.5) is 0 Å². The summed E-state index contributed by atoms with van der Waals surface area (Å²) < 4.78 is 5.67. The van der Waals surface area contributed by atoms with Crippen LogP contribution in [0.25, 0.3) is 11.1 Å². The Kier molecular flexibility index (Phi) is 9.18. The molecule has 4 nitrogen and oxygen atoms in total.